The molecule has 1 saturated carbocycles. The van der Waals surface area contributed by atoms with Crippen molar-refractivity contribution in [3.8, 4) is 17.1 Å². The average Bonchev–Trinajstić information content (AvgIpc) is 3.58. The number of nitrogens with one attached hydrogen (secondary N) is 2. The third-order valence-electron chi connectivity index (χ3n) is 7.89. The van der Waals surface area contributed by atoms with Gasteiger partial charge in [0.1, 0.15) is 23.8 Å². The third-order valence-corrected chi connectivity index (χ3v) is 7.89. The fourth-order valence-electron chi connectivity index (χ4n) is 5.66. The van der Waals surface area contributed by atoms with Gasteiger partial charge >= 0.3 is 6.18 Å². The number of H-pyrrole nitrogens is 1. The standard InChI is InChI=1S/C28H33F3N8O2/c1-17(40)12-32-13-18-8-24(28(29,30)31)37-25(9-18)41-22-3-6-38(7-4-22)20-10-21(11-20)39-15-19(14-36-39)26-23-2-5-33-27(23)35-16-34-26/h2,5,8-9,14-17,20-22,32,40H,3-4,6-7,10-13H2,1H3,(H,33,34,35)/t17-,20?,21?/m1/s1. The van der Waals surface area contributed by atoms with Crippen LogP contribution in [0.2, 0.25) is 0 Å². The van der Waals surface area contributed by atoms with Crippen LogP contribution in [0.4, 0.5) is 13.2 Å². The highest BCUT2D eigenvalue weighted by molar-refractivity contribution is 5.89. The lowest BCUT2D eigenvalue weighted by molar-refractivity contribution is -0.141. The zero-order chi connectivity index (χ0) is 28.6. The van der Waals surface area contributed by atoms with Gasteiger partial charge in [-0.3, -0.25) is 9.58 Å². The molecule has 0 unspecified atom stereocenters. The number of piperidine rings is 1. The van der Waals surface area contributed by atoms with Crippen molar-refractivity contribution in [3.05, 3.63) is 54.4 Å². The highest BCUT2D eigenvalue weighted by Gasteiger charge is 2.38. The lowest BCUT2D eigenvalue weighted by Crippen LogP contribution is -2.50. The molecular weight excluding hydrogens is 537 g/mol. The number of halogens is 3. The minimum absolute atomic E-state index is 0.00841. The molecule has 13 heteroatoms. The molecule has 2 fully saturated rings. The number of aliphatic hydroxyl groups excluding tert-OH is 1. The van der Waals surface area contributed by atoms with Crippen LogP contribution in [0.15, 0.2) is 43.1 Å². The molecule has 0 spiro atoms. The van der Waals surface area contributed by atoms with Gasteiger partial charge in [0.2, 0.25) is 5.88 Å². The molecule has 41 heavy (non-hydrogen) atoms. The summed E-state index contributed by atoms with van der Waals surface area (Å²) in [6, 6.07) is 5.31. The first-order valence-electron chi connectivity index (χ1n) is 13.9. The molecule has 218 valence electrons. The van der Waals surface area contributed by atoms with Crippen molar-refractivity contribution >= 4 is 11.0 Å². The SMILES string of the molecule is C[C@@H](O)CNCc1cc(OC2CCN(C3CC(n4cc(-c5ncnc6[nH]ccc56)cn4)C3)CC2)nc(C(F)(F)F)c1. The number of aliphatic hydroxyl groups is 1. The van der Waals surface area contributed by atoms with Crippen LogP contribution in [0.5, 0.6) is 5.88 Å². The molecule has 5 heterocycles. The summed E-state index contributed by atoms with van der Waals surface area (Å²) < 4.78 is 48.3. The van der Waals surface area contributed by atoms with Crippen LogP contribution in [0.3, 0.4) is 0 Å². The number of pyridine rings is 1. The second-order valence-electron chi connectivity index (χ2n) is 11.0. The highest BCUT2D eigenvalue weighted by Crippen LogP contribution is 2.38. The maximum Gasteiger partial charge on any atom is 0.433 e. The molecule has 10 nitrogen and oxygen atoms in total. The molecule has 1 atom stereocenters. The van der Waals surface area contributed by atoms with E-state index in [-0.39, 0.29) is 25.1 Å². The van der Waals surface area contributed by atoms with Gasteiger partial charge in [-0.05, 0) is 50.3 Å². The van der Waals surface area contributed by atoms with Crippen molar-refractivity contribution in [2.75, 3.05) is 19.6 Å². The Kier molecular flexibility index (Phi) is 7.66. The van der Waals surface area contributed by atoms with E-state index in [2.05, 4.69) is 35.3 Å². The number of hydrogen-bond donors (Lipinski definition) is 3. The lowest BCUT2D eigenvalue weighted by Gasteiger charge is -2.45. The van der Waals surface area contributed by atoms with E-state index in [4.69, 9.17) is 4.74 Å². The number of hydrogen-bond acceptors (Lipinski definition) is 8. The predicted molar refractivity (Wildman–Crippen MR) is 145 cm³/mol. The number of nitrogens with zero attached hydrogens (tertiary/aromatic N) is 6. The van der Waals surface area contributed by atoms with Crippen molar-refractivity contribution in [2.45, 2.75) is 69.6 Å². The van der Waals surface area contributed by atoms with E-state index in [0.29, 0.717) is 17.6 Å². The molecule has 1 aliphatic carbocycles. The van der Waals surface area contributed by atoms with E-state index in [1.165, 1.54) is 0 Å². The largest absolute Gasteiger partial charge is 0.474 e. The lowest BCUT2D eigenvalue weighted by atomic mass is 9.84. The van der Waals surface area contributed by atoms with E-state index in [0.717, 1.165) is 67.1 Å². The Morgan fingerprint density at radius 1 is 1.17 bits per heavy atom. The van der Waals surface area contributed by atoms with Crippen molar-refractivity contribution in [3.63, 3.8) is 0 Å². The molecule has 3 N–H and O–H groups in total. The third kappa shape index (κ3) is 6.21. The topological polar surface area (TPSA) is 117 Å². The molecular formula is C28H33F3N8O2. The molecule has 0 aromatic carbocycles. The van der Waals surface area contributed by atoms with Gasteiger partial charge in [-0.15, -0.1) is 0 Å². The van der Waals surface area contributed by atoms with Gasteiger partial charge in [0.05, 0.1) is 24.0 Å². The Morgan fingerprint density at radius 3 is 2.73 bits per heavy atom. The minimum atomic E-state index is -4.57. The maximum atomic E-state index is 13.5. The van der Waals surface area contributed by atoms with E-state index >= 15 is 0 Å². The van der Waals surface area contributed by atoms with Gasteiger partial charge in [0, 0.05) is 61.6 Å². The Hall–Kier alpha value is -3.55. The van der Waals surface area contributed by atoms with Crippen LogP contribution >= 0.6 is 0 Å². The second kappa shape index (κ2) is 11.4. The quantitative estimate of drug-likeness (QED) is 0.277. The number of ether oxygens (including phenoxy) is 1. The summed E-state index contributed by atoms with van der Waals surface area (Å²) in [4.78, 5) is 18.0. The summed E-state index contributed by atoms with van der Waals surface area (Å²) in [7, 11) is 0. The van der Waals surface area contributed by atoms with Crippen molar-refractivity contribution in [1.29, 1.82) is 0 Å². The monoisotopic (exact) mass is 570 g/mol. The Morgan fingerprint density at radius 2 is 1.98 bits per heavy atom. The number of aromatic amines is 1. The molecule has 4 aromatic rings. The normalized spacial score (nSPS) is 21.2. The van der Waals surface area contributed by atoms with E-state index < -0.39 is 18.0 Å². The number of aromatic nitrogens is 6. The van der Waals surface area contributed by atoms with Gasteiger partial charge in [0.25, 0.3) is 0 Å². The van der Waals surface area contributed by atoms with Crippen LogP contribution < -0.4 is 10.1 Å². The summed E-state index contributed by atoms with van der Waals surface area (Å²) >= 11 is 0. The summed E-state index contributed by atoms with van der Waals surface area (Å²) in [5.74, 6) is -0.00841. The van der Waals surface area contributed by atoms with E-state index in [1.54, 1.807) is 19.3 Å². The van der Waals surface area contributed by atoms with Crippen molar-refractivity contribution < 1.29 is 23.0 Å². The molecule has 0 radical (unpaired) electrons. The summed E-state index contributed by atoms with van der Waals surface area (Å²) in [5.41, 5.74) is 2.07. The van der Waals surface area contributed by atoms with Crippen LogP contribution in [0, 0.1) is 0 Å². The Balaban J connectivity index is 1.02. The van der Waals surface area contributed by atoms with Crippen LogP contribution in [0.25, 0.3) is 22.3 Å². The van der Waals surface area contributed by atoms with Gasteiger partial charge in [-0.2, -0.15) is 18.3 Å². The highest BCUT2D eigenvalue weighted by atomic mass is 19.4. The van der Waals surface area contributed by atoms with Gasteiger partial charge < -0.3 is 20.1 Å². The van der Waals surface area contributed by atoms with Crippen molar-refractivity contribution in [2.24, 2.45) is 0 Å². The average molecular weight is 571 g/mol. The summed E-state index contributed by atoms with van der Waals surface area (Å²) in [6.45, 7) is 3.71. The van der Waals surface area contributed by atoms with Gasteiger partial charge in [-0.1, -0.05) is 0 Å². The fraction of sp³-hybridized carbons (Fsp3) is 0.500. The van der Waals surface area contributed by atoms with Gasteiger partial charge in [-0.25, -0.2) is 15.0 Å². The first-order chi connectivity index (χ1) is 19.7. The maximum absolute atomic E-state index is 13.5. The van der Waals surface area contributed by atoms with E-state index in [9.17, 15) is 18.3 Å². The molecule has 0 amide bonds. The predicted octanol–water partition coefficient (Wildman–Crippen LogP) is 3.95. The van der Waals surface area contributed by atoms with E-state index in [1.807, 2.05) is 29.3 Å². The second-order valence-corrected chi connectivity index (χ2v) is 11.0. The Bertz CT molecular complexity index is 1470. The van der Waals surface area contributed by atoms with Gasteiger partial charge in [0.15, 0.2) is 0 Å². The first kappa shape index (κ1) is 27.6. The minimum Gasteiger partial charge on any atom is -0.474 e. The smallest absolute Gasteiger partial charge is 0.433 e. The first-order valence-corrected chi connectivity index (χ1v) is 13.9. The zero-order valence-electron chi connectivity index (χ0n) is 22.7. The summed E-state index contributed by atoms with van der Waals surface area (Å²) in [5, 5.41) is 17.9. The molecule has 6 rings (SSSR count). The van der Waals surface area contributed by atoms with Crippen molar-refractivity contribution in [1.82, 2.24) is 39.9 Å². The zero-order valence-corrected chi connectivity index (χ0v) is 22.7. The molecule has 4 aromatic heterocycles. The van der Waals surface area contributed by atoms with Crippen LogP contribution in [-0.4, -0.2) is 77.6 Å². The summed E-state index contributed by atoms with van der Waals surface area (Å²) in [6.07, 6.45) is 5.38. The number of rotatable bonds is 9. The number of likely N-dealkylation sites (tertiary alicyclic amines) is 1. The Labute approximate surface area is 235 Å². The molecule has 0 bridgehead atoms. The van der Waals surface area contributed by atoms with Crippen LogP contribution in [-0.2, 0) is 12.7 Å². The molecule has 1 aliphatic heterocycles. The van der Waals surface area contributed by atoms with Crippen LogP contribution in [0.1, 0.15) is 49.9 Å². The number of alkyl halides is 3. The molecule has 2 aliphatic rings. The molecule has 1 saturated heterocycles. The fourth-order valence-corrected chi connectivity index (χ4v) is 5.66. The number of fused-ring (bicyclic) bond motifs is 1.